The second kappa shape index (κ2) is 7.37. The number of ether oxygens (including phenoxy) is 2. The van der Waals surface area contributed by atoms with Crippen LogP contribution in [0.3, 0.4) is 0 Å². The van der Waals surface area contributed by atoms with Gasteiger partial charge in [0.2, 0.25) is 0 Å². The molecule has 0 radical (unpaired) electrons. The van der Waals surface area contributed by atoms with Gasteiger partial charge in [0.1, 0.15) is 13.2 Å². The third kappa shape index (κ3) is 6.09. The second-order valence-corrected chi connectivity index (χ2v) is 2.31. The number of hydrogen-bond acceptors (Lipinski definition) is 5. The van der Waals surface area contributed by atoms with E-state index in [4.69, 9.17) is 0 Å². The number of carbonyl (C=O) groups is 2. The molecule has 0 saturated carbocycles. The van der Waals surface area contributed by atoms with E-state index in [1.165, 1.54) is 12.2 Å². The van der Waals surface area contributed by atoms with E-state index >= 15 is 0 Å². The van der Waals surface area contributed by atoms with Crippen LogP contribution in [0, 0.1) is 0 Å². The normalized spacial score (nSPS) is 10.3. The lowest BCUT2D eigenvalue weighted by atomic mass is 10.4. The predicted molar refractivity (Wildman–Crippen MR) is 50.4 cm³/mol. The van der Waals surface area contributed by atoms with Gasteiger partial charge in [-0.25, -0.2) is 9.59 Å². The van der Waals surface area contributed by atoms with Crippen LogP contribution in [0.2, 0.25) is 0 Å². The fraction of sp³-hybridized carbons (Fsp3) is 0.200. The summed E-state index contributed by atoms with van der Waals surface area (Å²) in [5.74, 6) is -3.09. The highest BCUT2D eigenvalue weighted by molar-refractivity contribution is 5.93. The maximum Gasteiger partial charge on any atom is 0.330 e. The van der Waals surface area contributed by atoms with Gasteiger partial charge in [0, 0.05) is 6.08 Å². The van der Waals surface area contributed by atoms with Gasteiger partial charge in [0.25, 0.3) is 0 Å². The number of carbonyl (C=O) groups excluding carboxylic acids is 2. The van der Waals surface area contributed by atoms with E-state index in [1.54, 1.807) is 0 Å². The molecule has 5 nitrogen and oxygen atoms in total. The minimum atomic E-state index is -1.12. The molecule has 0 aliphatic carbocycles. The van der Waals surface area contributed by atoms with Crippen molar-refractivity contribution in [2.75, 3.05) is 13.2 Å². The number of hydrogen-bond donors (Lipinski definition) is 0. The maximum absolute atomic E-state index is 10.9. The van der Waals surface area contributed by atoms with Crippen LogP contribution in [0.25, 0.3) is 0 Å². The van der Waals surface area contributed by atoms with Crippen LogP contribution in [0.4, 0.5) is 0 Å². The molecule has 0 aromatic rings. The summed E-state index contributed by atoms with van der Waals surface area (Å²) in [7, 11) is 0. The minimum Gasteiger partial charge on any atom is -0.867 e. The van der Waals surface area contributed by atoms with Gasteiger partial charge >= 0.3 is 11.9 Å². The summed E-state index contributed by atoms with van der Waals surface area (Å²) < 4.78 is 8.85. The van der Waals surface area contributed by atoms with Crippen molar-refractivity contribution in [3.05, 3.63) is 37.1 Å². The molecule has 0 rings (SSSR count). The van der Waals surface area contributed by atoms with Crippen molar-refractivity contribution in [1.29, 1.82) is 0 Å². The largest absolute Gasteiger partial charge is 0.867 e. The Hall–Kier alpha value is -2.04. The Morgan fingerprint density at radius 3 is 2.20 bits per heavy atom. The second-order valence-electron chi connectivity index (χ2n) is 2.31. The molecule has 0 aromatic carbocycles. The first-order valence-corrected chi connectivity index (χ1v) is 4.06. The molecular formula is C10H11O5-. The molecule has 0 aliphatic rings. The zero-order chi connectivity index (χ0) is 11.7. The van der Waals surface area contributed by atoms with Crippen molar-refractivity contribution in [1.82, 2.24) is 0 Å². The van der Waals surface area contributed by atoms with Crippen molar-refractivity contribution >= 4 is 11.9 Å². The van der Waals surface area contributed by atoms with Crippen LogP contribution >= 0.6 is 0 Å². The fourth-order valence-electron chi connectivity index (χ4n) is 0.554. The molecule has 0 unspecified atom stereocenters. The summed E-state index contributed by atoms with van der Waals surface area (Å²) in [6.07, 6.45) is 3.17. The molecule has 5 heteroatoms. The van der Waals surface area contributed by atoms with Crippen LogP contribution in [-0.4, -0.2) is 25.2 Å². The minimum absolute atomic E-state index is 0.0235. The Labute approximate surface area is 87.3 Å². The smallest absolute Gasteiger partial charge is 0.330 e. The third-order valence-electron chi connectivity index (χ3n) is 1.13. The van der Waals surface area contributed by atoms with E-state index in [0.717, 1.165) is 0 Å². The van der Waals surface area contributed by atoms with Gasteiger partial charge in [-0.1, -0.05) is 25.3 Å². The van der Waals surface area contributed by atoms with E-state index in [-0.39, 0.29) is 13.2 Å². The van der Waals surface area contributed by atoms with Gasteiger partial charge in [0.15, 0.2) is 0 Å². The van der Waals surface area contributed by atoms with E-state index in [0.29, 0.717) is 6.08 Å². The zero-order valence-electron chi connectivity index (χ0n) is 8.10. The van der Waals surface area contributed by atoms with Gasteiger partial charge in [-0.05, 0) is 5.76 Å². The Kier molecular flexibility index (Phi) is 6.37. The molecule has 0 atom stereocenters. The highest BCUT2D eigenvalue weighted by Gasteiger charge is 2.02. The van der Waals surface area contributed by atoms with Gasteiger partial charge < -0.3 is 14.6 Å². The molecule has 0 heterocycles. The summed E-state index contributed by atoms with van der Waals surface area (Å²) in [5.41, 5.74) is 0. The average Bonchev–Trinajstić information content (AvgIpc) is 2.22. The first kappa shape index (κ1) is 13.0. The lowest BCUT2D eigenvalue weighted by molar-refractivity contribution is -0.303. The Morgan fingerprint density at radius 2 is 1.67 bits per heavy atom. The Bertz CT molecular complexity index is 290. The first-order chi connectivity index (χ1) is 7.11. The van der Waals surface area contributed by atoms with Gasteiger partial charge in [-0.15, -0.1) is 0 Å². The summed E-state index contributed by atoms with van der Waals surface area (Å²) in [5, 5.41) is 10.9. The van der Waals surface area contributed by atoms with Gasteiger partial charge in [-0.3, -0.25) is 0 Å². The Balaban J connectivity index is 4.15. The standard InChI is InChI=1S/C10H12O5/c1-3-5-14-9(12)7-8(11)10(13)15-6-4-2/h3-4,7,11H,1-2,5-6H2/p-1/b8-7-. The first-order valence-electron chi connectivity index (χ1n) is 4.06. The van der Waals surface area contributed by atoms with E-state index < -0.39 is 17.7 Å². The van der Waals surface area contributed by atoms with E-state index in [9.17, 15) is 14.7 Å². The van der Waals surface area contributed by atoms with Crippen LogP contribution in [-0.2, 0) is 19.1 Å². The summed E-state index contributed by atoms with van der Waals surface area (Å²) in [6.45, 7) is 6.49. The summed E-state index contributed by atoms with van der Waals surface area (Å²) in [6, 6.07) is 0. The van der Waals surface area contributed by atoms with Crippen molar-refractivity contribution < 1.29 is 24.2 Å². The molecule has 0 aromatic heterocycles. The summed E-state index contributed by atoms with van der Waals surface area (Å²) >= 11 is 0. The van der Waals surface area contributed by atoms with Crippen LogP contribution in [0.15, 0.2) is 37.1 Å². The molecule has 0 aliphatic heterocycles. The van der Waals surface area contributed by atoms with E-state index in [1.807, 2.05) is 0 Å². The number of rotatable bonds is 6. The van der Waals surface area contributed by atoms with E-state index in [2.05, 4.69) is 22.6 Å². The van der Waals surface area contributed by atoms with Crippen molar-refractivity contribution in [3.8, 4) is 0 Å². The fourth-order valence-corrected chi connectivity index (χ4v) is 0.554. The molecule has 0 spiro atoms. The Morgan fingerprint density at radius 1 is 1.13 bits per heavy atom. The lowest BCUT2D eigenvalue weighted by Gasteiger charge is -2.09. The molecule has 15 heavy (non-hydrogen) atoms. The predicted octanol–water partition coefficient (Wildman–Crippen LogP) is -0.311. The highest BCUT2D eigenvalue weighted by atomic mass is 16.5. The molecular weight excluding hydrogens is 200 g/mol. The van der Waals surface area contributed by atoms with Gasteiger partial charge in [0.05, 0.1) is 0 Å². The van der Waals surface area contributed by atoms with Crippen LogP contribution < -0.4 is 5.11 Å². The van der Waals surface area contributed by atoms with Gasteiger partial charge in [-0.2, -0.15) is 0 Å². The topological polar surface area (TPSA) is 75.7 Å². The zero-order valence-corrected chi connectivity index (χ0v) is 8.10. The maximum atomic E-state index is 10.9. The molecule has 0 N–H and O–H groups in total. The van der Waals surface area contributed by atoms with Crippen LogP contribution in [0.1, 0.15) is 0 Å². The number of esters is 2. The molecule has 82 valence electrons. The summed E-state index contributed by atoms with van der Waals surface area (Å²) in [4.78, 5) is 21.6. The molecule has 0 fully saturated rings. The van der Waals surface area contributed by atoms with Crippen molar-refractivity contribution in [2.24, 2.45) is 0 Å². The monoisotopic (exact) mass is 211 g/mol. The quantitative estimate of drug-likeness (QED) is 0.261. The SMILES string of the molecule is C=CCOC(=O)/C=C(\[O-])C(=O)OCC=C. The van der Waals surface area contributed by atoms with Crippen molar-refractivity contribution in [2.45, 2.75) is 0 Å². The van der Waals surface area contributed by atoms with Crippen molar-refractivity contribution in [3.63, 3.8) is 0 Å². The molecule has 0 amide bonds. The lowest BCUT2D eigenvalue weighted by Crippen LogP contribution is -2.20. The highest BCUT2D eigenvalue weighted by Crippen LogP contribution is 1.91. The average molecular weight is 211 g/mol. The molecule has 0 saturated heterocycles. The van der Waals surface area contributed by atoms with Crippen LogP contribution in [0.5, 0.6) is 0 Å². The molecule has 0 bridgehead atoms. The third-order valence-corrected chi connectivity index (χ3v) is 1.13.